The number of benzene rings is 2. The molecule has 1 aliphatic heterocycles. The van der Waals surface area contributed by atoms with Gasteiger partial charge >= 0.3 is 19.4 Å². The fourth-order valence-electron chi connectivity index (χ4n) is 4.04. The molecule has 0 saturated heterocycles. The second-order valence-corrected chi connectivity index (χ2v) is 12.9. The minimum Gasteiger partial charge on any atom is -0.464 e. The summed E-state index contributed by atoms with van der Waals surface area (Å²) in [4.78, 5) is 39.2. The van der Waals surface area contributed by atoms with Crippen molar-refractivity contribution in [1.29, 1.82) is 0 Å². The summed E-state index contributed by atoms with van der Waals surface area (Å²) in [6.45, 7) is 8.46. The number of ether oxygens (including phenoxy) is 2. The third kappa shape index (κ3) is 7.27. The van der Waals surface area contributed by atoms with Crippen LogP contribution in [0.5, 0.6) is 5.75 Å². The molecule has 4 atom stereocenters. The van der Waals surface area contributed by atoms with Crippen LogP contribution in [0, 0.1) is 24.7 Å². The molecular formula is C30H34N3O8P. The highest BCUT2D eigenvalue weighted by Crippen LogP contribution is 2.48. The molecule has 3 aromatic rings. The van der Waals surface area contributed by atoms with E-state index in [0.29, 0.717) is 10.9 Å². The van der Waals surface area contributed by atoms with Crippen LogP contribution in [0.3, 0.4) is 0 Å². The fraction of sp³-hybridized carbons (Fsp3) is 0.367. The predicted molar refractivity (Wildman–Crippen MR) is 158 cm³/mol. The Hall–Kier alpha value is -3.94. The molecule has 1 unspecified atom stereocenters. The Labute approximate surface area is 243 Å². The van der Waals surface area contributed by atoms with Gasteiger partial charge in [-0.2, -0.15) is 5.09 Å². The van der Waals surface area contributed by atoms with Gasteiger partial charge in [-0.3, -0.25) is 23.7 Å². The summed E-state index contributed by atoms with van der Waals surface area (Å²) in [5.74, 6) is 2.09. The number of rotatable bonds is 10. The van der Waals surface area contributed by atoms with E-state index in [1.165, 1.54) is 29.8 Å². The van der Waals surface area contributed by atoms with Gasteiger partial charge in [-0.1, -0.05) is 63.1 Å². The molecule has 12 heteroatoms. The second-order valence-electron chi connectivity index (χ2n) is 11.2. The van der Waals surface area contributed by atoms with Gasteiger partial charge in [0, 0.05) is 17.1 Å². The van der Waals surface area contributed by atoms with Crippen LogP contribution in [0.15, 0.2) is 70.4 Å². The third-order valence-corrected chi connectivity index (χ3v) is 7.90. The largest absolute Gasteiger partial charge is 0.464 e. The number of esters is 1. The normalized spacial score (nSPS) is 20.5. The molecule has 0 radical (unpaired) electrons. The molecule has 0 bridgehead atoms. The molecule has 2 heterocycles. The van der Waals surface area contributed by atoms with Crippen LogP contribution < -0.4 is 20.9 Å². The Bertz CT molecular complexity index is 1710. The highest BCUT2D eigenvalue weighted by molar-refractivity contribution is 7.52. The van der Waals surface area contributed by atoms with Crippen molar-refractivity contribution in [2.45, 2.75) is 52.5 Å². The maximum absolute atomic E-state index is 14.2. The average Bonchev–Trinajstić information content (AvgIpc) is 3.37. The van der Waals surface area contributed by atoms with Crippen LogP contribution in [0.4, 0.5) is 0 Å². The van der Waals surface area contributed by atoms with Gasteiger partial charge in [0.2, 0.25) is 0 Å². The van der Waals surface area contributed by atoms with Crippen molar-refractivity contribution in [3.05, 3.63) is 87.2 Å². The minimum absolute atomic E-state index is 0.150. The Balaban J connectivity index is 1.59. The van der Waals surface area contributed by atoms with Crippen LogP contribution in [0.2, 0.25) is 0 Å². The Kier molecular flexibility index (Phi) is 8.95. The van der Waals surface area contributed by atoms with E-state index in [9.17, 15) is 18.9 Å². The number of terminal acetylenes is 1. The fourth-order valence-corrected chi connectivity index (χ4v) is 5.58. The van der Waals surface area contributed by atoms with Gasteiger partial charge in [-0.05, 0) is 42.9 Å². The van der Waals surface area contributed by atoms with Gasteiger partial charge < -0.3 is 14.0 Å². The molecule has 0 fully saturated rings. The van der Waals surface area contributed by atoms with Gasteiger partial charge in [0.1, 0.15) is 18.4 Å². The molecular weight excluding hydrogens is 561 g/mol. The van der Waals surface area contributed by atoms with E-state index in [-0.39, 0.29) is 17.8 Å². The summed E-state index contributed by atoms with van der Waals surface area (Å²) < 4.78 is 38.6. The first-order chi connectivity index (χ1) is 19.7. The summed E-state index contributed by atoms with van der Waals surface area (Å²) in [6, 6.07) is 11.5. The number of carbonyl (C=O) groups excluding carboxylic acids is 1. The first kappa shape index (κ1) is 31.0. The second kappa shape index (κ2) is 12.1. The van der Waals surface area contributed by atoms with Crippen LogP contribution in [0.25, 0.3) is 10.8 Å². The first-order valence-corrected chi connectivity index (χ1v) is 14.8. The summed E-state index contributed by atoms with van der Waals surface area (Å²) in [5, 5.41) is 4.18. The van der Waals surface area contributed by atoms with Crippen molar-refractivity contribution in [1.82, 2.24) is 14.6 Å². The van der Waals surface area contributed by atoms with Crippen molar-refractivity contribution in [2.75, 3.05) is 13.2 Å². The molecule has 4 rings (SSSR count). The van der Waals surface area contributed by atoms with Crippen LogP contribution >= 0.6 is 7.75 Å². The van der Waals surface area contributed by atoms with E-state index in [4.69, 9.17) is 24.9 Å². The van der Waals surface area contributed by atoms with Crippen LogP contribution in [-0.2, 0) is 23.4 Å². The topological polar surface area (TPSA) is 138 Å². The Morgan fingerprint density at radius 3 is 2.67 bits per heavy atom. The molecule has 42 heavy (non-hydrogen) atoms. The lowest BCUT2D eigenvalue weighted by atomic mass is 9.99. The van der Waals surface area contributed by atoms with E-state index in [0.717, 1.165) is 5.39 Å². The van der Waals surface area contributed by atoms with E-state index >= 15 is 0 Å². The molecule has 222 valence electrons. The summed E-state index contributed by atoms with van der Waals surface area (Å²) in [6.07, 6.45) is 9.22. The van der Waals surface area contributed by atoms with Gasteiger partial charge in [0.15, 0.2) is 11.8 Å². The highest BCUT2D eigenvalue weighted by atomic mass is 31.2. The summed E-state index contributed by atoms with van der Waals surface area (Å²) >= 11 is 0. The molecule has 0 saturated carbocycles. The Morgan fingerprint density at radius 2 is 1.95 bits per heavy atom. The summed E-state index contributed by atoms with van der Waals surface area (Å²) in [5.41, 5.74) is -2.74. The lowest BCUT2D eigenvalue weighted by Crippen LogP contribution is -2.39. The highest BCUT2D eigenvalue weighted by Gasteiger charge is 2.41. The monoisotopic (exact) mass is 595 g/mol. The number of aryl methyl sites for hydroxylation is 1. The molecule has 0 aliphatic carbocycles. The zero-order valence-electron chi connectivity index (χ0n) is 24.1. The quantitative estimate of drug-likeness (QED) is 0.153. The number of nitrogens with zero attached hydrogens (tertiary/aromatic N) is 1. The average molecular weight is 596 g/mol. The number of hydrogen-bond acceptors (Lipinski definition) is 8. The van der Waals surface area contributed by atoms with Gasteiger partial charge in [0.05, 0.1) is 6.61 Å². The molecule has 1 aliphatic rings. The summed E-state index contributed by atoms with van der Waals surface area (Å²) in [7, 11) is -4.32. The number of aromatic nitrogens is 2. The molecule has 0 spiro atoms. The van der Waals surface area contributed by atoms with Crippen molar-refractivity contribution in [2.24, 2.45) is 5.41 Å². The number of nitrogens with one attached hydrogen (secondary N) is 2. The number of aromatic amines is 1. The predicted octanol–water partition coefficient (Wildman–Crippen LogP) is 4.23. The minimum atomic E-state index is -4.32. The third-order valence-electron chi connectivity index (χ3n) is 6.30. The van der Waals surface area contributed by atoms with Crippen molar-refractivity contribution < 1.29 is 27.9 Å². The van der Waals surface area contributed by atoms with Crippen molar-refractivity contribution >= 4 is 24.5 Å². The number of H-pyrrole nitrogens is 1. The van der Waals surface area contributed by atoms with Crippen LogP contribution in [-0.4, -0.2) is 40.4 Å². The van der Waals surface area contributed by atoms with E-state index in [1.54, 1.807) is 25.1 Å². The zero-order chi connectivity index (χ0) is 30.7. The Morgan fingerprint density at radius 1 is 1.24 bits per heavy atom. The maximum Gasteiger partial charge on any atom is 0.459 e. The number of fused-ring (bicyclic) bond motifs is 1. The van der Waals surface area contributed by atoms with E-state index in [1.807, 2.05) is 45.0 Å². The molecule has 2 aromatic carbocycles. The van der Waals surface area contributed by atoms with Crippen LogP contribution in [0.1, 0.15) is 39.5 Å². The molecule has 2 N–H and O–H groups in total. The van der Waals surface area contributed by atoms with Crippen molar-refractivity contribution in [3.8, 4) is 18.1 Å². The standard InChI is InChI=1S/C30H34N3O8P/c1-7-30(16-15-25(40-30)33-17-20(2)26(34)31-28(33)36)19-39-42(37,32-21(3)27(35)38-18-29(4,5)6)41-24-14-10-12-22-11-8-9-13-23(22)24/h1,8-17,21,25H,18-19H2,2-6H3,(H,32,37)(H,31,34,36)/t21-,25+,30-,42?/m0/s1. The molecule has 11 nitrogen and oxygen atoms in total. The van der Waals surface area contributed by atoms with Gasteiger partial charge in [-0.25, -0.2) is 9.36 Å². The first-order valence-electron chi connectivity index (χ1n) is 13.3. The van der Waals surface area contributed by atoms with Gasteiger partial charge in [-0.15, -0.1) is 6.42 Å². The lowest BCUT2D eigenvalue weighted by Gasteiger charge is -2.28. The maximum atomic E-state index is 14.2. The smallest absolute Gasteiger partial charge is 0.459 e. The lowest BCUT2D eigenvalue weighted by molar-refractivity contribution is -0.148. The zero-order valence-corrected chi connectivity index (χ0v) is 25.0. The number of carbonyl (C=O) groups is 1. The molecule has 1 aromatic heterocycles. The molecule has 0 amide bonds. The van der Waals surface area contributed by atoms with E-state index in [2.05, 4.69) is 16.0 Å². The number of hydrogen-bond donors (Lipinski definition) is 2. The van der Waals surface area contributed by atoms with Crippen molar-refractivity contribution in [3.63, 3.8) is 0 Å². The van der Waals surface area contributed by atoms with Gasteiger partial charge in [0.25, 0.3) is 5.56 Å². The SMILES string of the molecule is C#C[C@@]1(COP(=O)(N[C@@H](C)C(=O)OCC(C)(C)C)Oc2cccc3ccccc23)C=C[C@H](n2cc(C)c(=O)[nH]c2=O)O1. The van der Waals surface area contributed by atoms with E-state index < -0.39 is 49.4 Å².